The fraction of sp³-hybridized carbons (Fsp3) is 0.476. The summed E-state index contributed by atoms with van der Waals surface area (Å²) in [5.74, 6) is 0.468. The Bertz CT molecular complexity index is 864. The van der Waals surface area contributed by atoms with Crippen molar-refractivity contribution in [2.45, 2.75) is 25.8 Å². The van der Waals surface area contributed by atoms with Crippen molar-refractivity contribution in [2.75, 3.05) is 20.2 Å². The van der Waals surface area contributed by atoms with Crippen LogP contribution in [-0.4, -0.2) is 46.6 Å². The van der Waals surface area contributed by atoms with Gasteiger partial charge >= 0.3 is 0 Å². The number of benzene rings is 1. The third kappa shape index (κ3) is 2.39. The predicted molar refractivity (Wildman–Crippen MR) is 99.8 cm³/mol. The number of Topliss-reactive ketones (excluding diaryl/α,β-unsaturated/α-hetero) is 1. The summed E-state index contributed by atoms with van der Waals surface area (Å²) in [5, 5.41) is 11.3. The van der Waals surface area contributed by atoms with Crippen molar-refractivity contribution in [2.24, 2.45) is 18.9 Å². The predicted octanol–water partition coefficient (Wildman–Crippen LogP) is 2.79. The molecular formula is C21H26N2O2. The van der Waals surface area contributed by atoms with E-state index in [0.717, 1.165) is 29.7 Å². The van der Waals surface area contributed by atoms with Crippen LogP contribution >= 0.6 is 0 Å². The topological polar surface area (TPSA) is 45.5 Å². The molecule has 132 valence electrons. The molecule has 1 N–H and O–H groups in total. The number of fused-ring (bicyclic) bond motifs is 5. The van der Waals surface area contributed by atoms with Crippen molar-refractivity contribution >= 4 is 16.7 Å². The van der Waals surface area contributed by atoms with Crippen molar-refractivity contribution in [1.82, 2.24) is 9.47 Å². The number of aromatic nitrogens is 1. The Morgan fingerprint density at radius 3 is 2.72 bits per heavy atom. The van der Waals surface area contributed by atoms with Crippen molar-refractivity contribution in [3.8, 4) is 0 Å². The molecule has 2 heterocycles. The molecule has 0 spiro atoms. The lowest BCUT2D eigenvalue weighted by molar-refractivity contribution is 0.0516. The quantitative estimate of drug-likeness (QED) is 0.813. The number of nitrogens with zero attached hydrogens (tertiary/aromatic N) is 2. The Balaban J connectivity index is 1.93. The summed E-state index contributed by atoms with van der Waals surface area (Å²) in [5.41, 5.74) is 4.42. The van der Waals surface area contributed by atoms with Gasteiger partial charge in [0.1, 0.15) is 0 Å². The monoisotopic (exact) mass is 338 g/mol. The molecule has 1 saturated heterocycles. The van der Waals surface area contributed by atoms with Gasteiger partial charge in [0.05, 0.1) is 5.69 Å². The van der Waals surface area contributed by atoms with Gasteiger partial charge in [-0.05, 0) is 37.9 Å². The van der Waals surface area contributed by atoms with Gasteiger partial charge in [-0.1, -0.05) is 29.8 Å². The molecule has 0 saturated carbocycles. The van der Waals surface area contributed by atoms with Gasteiger partial charge in [-0.15, -0.1) is 0 Å². The molecule has 2 bridgehead atoms. The van der Waals surface area contributed by atoms with Gasteiger partial charge in [0.2, 0.25) is 0 Å². The highest BCUT2D eigenvalue weighted by Gasteiger charge is 2.42. The van der Waals surface area contributed by atoms with E-state index < -0.39 is 0 Å². The third-order valence-corrected chi connectivity index (χ3v) is 6.36. The van der Waals surface area contributed by atoms with Crippen LogP contribution in [0.1, 0.15) is 29.4 Å². The number of ketones is 1. The summed E-state index contributed by atoms with van der Waals surface area (Å²) in [6.07, 6.45) is 3.45. The molecule has 3 atom stereocenters. The van der Waals surface area contributed by atoms with Crippen LogP contribution in [0.3, 0.4) is 0 Å². The smallest absolute Gasteiger partial charge is 0.180 e. The zero-order chi connectivity index (χ0) is 17.7. The van der Waals surface area contributed by atoms with E-state index in [4.69, 9.17) is 0 Å². The van der Waals surface area contributed by atoms with E-state index in [-0.39, 0.29) is 30.3 Å². The minimum absolute atomic E-state index is 0.112. The van der Waals surface area contributed by atoms with Crippen LogP contribution in [0.15, 0.2) is 35.9 Å². The largest absolute Gasteiger partial charge is 0.396 e. The highest BCUT2D eigenvalue weighted by molar-refractivity contribution is 6.03. The maximum Gasteiger partial charge on any atom is 0.180 e. The van der Waals surface area contributed by atoms with Crippen LogP contribution in [0.4, 0.5) is 0 Å². The van der Waals surface area contributed by atoms with Crippen LogP contribution < -0.4 is 0 Å². The average molecular weight is 338 g/mol. The summed E-state index contributed by atoms with van der Waals surface area (Å²) in [4.78, 5) is 15.6. The van der Waals surface area contributed by atoms with Gasteiger partial charge in [0, 0.05) is 49.5 Å². The average Bonchev–Trinajstić information content (AvgIpc) is 2.88. The van der Waals surface area contributed by atoms with Gasteiger partial charge in [-0.2, -0.15) is 0 Å². The Morgan fingerprint density at radius 1 is 1.24 bits per heavy atom. The number of aliphatic hydroxyl groups is 1. The van der Waals surface area contributed by atoms with Gasteiger partial charge in [-0.25, -0.2) is 0 Å². The summed E-state index contributed by atoms with van der Waals surface area (Å²) in [7, 11) is 4.14. The van der Waals surface area contributed by atoms with Crippen LogP contribution in [0, 0.1) is 11.8 Å². The molecule has 1 aromatic heterocycles. The zero-order valence-electron chi connectivity index (χ0n) is 15.2. The molecule has 3 unspecified atom stereocenters. The minimum atomic E-state index is 0.112. The number of para-hydroxylation sites is 1. The molecule has 0 amide bonds. The van der Waals surface area contributed by atoms with E-state index in [0.29, 0.717) is 6.42 Å². The molecule has 1 aliphatic heterocycles. The first-order chi connectivity index (χ1) is 12.1. The van der Waals surface area contributed by atoms with Crippen LogP contribution in [-0.2, 0) is 13.5 Å². The van der Waals surface area contributed by atoms with Gasteiger partial charge in [0.25, 0.3) is 0 Å². The number of hydrogen-bond donors (Lipinski definition) is 1. The molecule has 1 aromatic carbocycles. The van der Waals surface area contributed by atoms with E-state index in [1.54, 1.807) is 0 Å². The summed E-state index contributed by atoms with van der Waals surface area (Å²) in [6, 6.07) is 8.54. The number of allylic oxidation sites excluding steroid dienone is 1. The Labute approximate surface area is 148 Å². The molecule has 4 heteroatoms. The molecule has 1 aliphatic carbocycles. The van der Waals surface area contributed by atoms with E-state index in [1.165, 1.54) is 11.0 Å². The maximum absolute atomic E-state index is 13.2. The standard InChI is InChI=1S/C21H26N2O2/c1-4-13-11-22(2)19-9-16-14-7-5-6-8-18(14)23(3)21(16)20(25)10-15(13)17(19)12-24/h4-8,15,17,19,24H,9-12H2,1-3H3. The highest BCUT2D eigenvalue weighted by Crippen LogP contribution is 2.41. The van der Waals surface area contributed by atoms with Crippen molar-refractivity contribution < 1.29 is 9.90 Å². The Kier molecular flexibility index (Phi) is 4.05. The van der Waals surface area contributed by atoms with E-state index in [1.807, 2.05) is 26.1 Å². The molecule has 2 aliphatic rings. The molecule has 2 aromatic rings. The van der Waals surface area contributed by atoms with Crippen molar-refractivity contribution in [3.05, 3.63) is 47.2 Å². The lowest BCUT2D eigenvalue weighted by Gasteiger charge is -2.46. The number of aliphatic hydroxyl groups excluding tert-OH is 1. The molecule has 25 heavy (non-hydrogen) atoms. The molecule has 0 radical (unpaired) electrons. The van der Waals surface area contributed by atoms with E-state index in [9.17, 15) is 9.90 Å². The number of rotatable bonds is 1. The fourth-order valence-electron chi connectivity index (χ4n) is 5.08. The maximum atomic E-state index is 13.2. The highest BCUT2D eigenvalue weighted by atomic mass is 16.3. The van der Waals surface area contributed by atoms with Gasteiger partial charge < -0.3 is 9.67 Å². The number of carbonyl (C=O) groups excluding carboxylic acids is 1. The normalized spacial score (nSPS) is 28.9. The minimum Gasteiger partial charge on any atom is -0.396 e. The fourth-order valence-corrected chi connectivity index (χ4v) is 5.08. The molecule has 4 nitrogen and oxygen atoms in total. The second-order valence-electron chi connectivity index (χ2n) is 7.53. The number of carbonyl (C=O) groups is 1. The second-order valence-corrected chi connectivity index (χ2v) is 7.53. The molecule has 4 rings (SSSR count). The first kappa shape index (κ1) is 16.6. The zero-order valence-corrected chi connectivity index (χ0v) is 15.2. The summed E-state index contributed by atoms with van der Waals surface area (Å²) in [6.45, 7) is 3.06. The molecular weight excluding hydrogens is 312 g/mol. The first-order valence-electron chi connectivity index (χ1n) is 9.12. The van der Waals surface area contributed by atoms with Crippen molar-refractivity contribution in [1.29, 1.82) is 0 Å². The number of likely N-dealkylation sites (N-methyl/N-ethyl adjacent to an activating group) is 1. The molecule has 1 fully saturated rings. The van der Waals surface area contributed by atoms with E-state index in [2.05, 4.69) is 34.7 Å². The van der Waals surface area contributed by atoms with E-state index >= 15 is 0 Å². The number of hydrogen-bond acceptors (Lipinski definition) is 3. The van der Waals surface area contributed by atoms with Crippen LogP contribution in [0.25, 0.3) is 10.9 Å². The Morgan fingerprint density at radius 2 is 2.00 bits per heavy atom. The lowest BCUT2D eigenvalue weighted by atomic mass is 9.71. The lowest BCUT2D eigenvalue weighted by Crippen LogP contribution is -2.52. The SMILES string of the molecule is CC=C1CN(C)C2Cc3c(n(C)c4ccccc34)C(=O)CC1C2CO. The van der Waals surface area contributed by atoms with Crippen molar-refractivity contribution in [3.63, 3.8) is 0 Å². The number of piperidine rings is 1. The first-order valence-corrected chi connectivity index (χ1v) is 9.12. The number of aryl methyl sites for hydroxylation is 1. The summed E-state index contributed by atoms with van der Waals surface area (Å²) < 4.78 is 2.07. The second kappa shape index (κ2) is 6.11. The summed E-state index contributed by atoms with van der Waals surface area (Å²) >= 11 is 0. The van der Waals surface area contributed by atoms with Gasteiger partial charge in [0.15, 0.2) is 5.78 Å². The third-order valence-electron chi connectivity index (χ3n) is 6.36. The van der Waals surface area contributed by atoms with Crippen LogP contribution in [0.2, 0.25) is 0 Å². The van der Waals surface area contributed by atoms with Crippen LogP contribution in [0.5, 0.6) is 0 Å². The Hall–Kier alpha value is -1.91. The number of likely N-dealkylation sites (tertiary alicyclic amines) is 1. The van der Waals surface area contributed by atoms with Gasteiger partial charge in [-0.3, -0.25) is 9.69 Å².